The van der Waals surface area contributed by atoms with Gasteiger partial charge in [-0.1, -0.05) is 0 Å². The number of likely N-dealkylation sites (tertiary alicyclic amines) is 1. The number of amides is 1. The van der Waals surface area contributed by atoms with E-state index in [4.69, 9.17) is 4.74 Å². The molecule has 1 amide bonds. The largest absolute Gasteiger partial charge is 0.444 e. The van der Waals surface area contributed by atoms with Crippen molar-refractivity contribution in [2.45, 2.75) is 51.7 Å². The number of hydrogen-bond acceptors (Lipinski definition) is 4. The predicted octanol–water partition coefficient (Wildman–Crippen LogP) is 1.60. The van der Waals surface area contributed by atoms with Crippen LogP contribution in [0.1, 0.15) is 40.0 Å². The second-order valence-corrected chi connectivity index (χ2v) is 7.05. The first-order valence-corrected chi connectivity index (χ1v) is 7.73. The van der Waals surface area contributed by atoms with Crippen molar-refractivity contribution in [3.63, 3.8) is 0 Å². The maximum Gasteiger partial charge on any atom is 0.410 e. The van der Waals surface area contributed by atoms with Crippen molar-refractivity contribution in [2.75, 3.05) is 26.2 Å². The highest BCUT2D eigenvalue weighted by Crippen LogP contribution is 2.30. The van der Waals surface area contributed by atoms with E-state index in [1.54, 1.807) is 0 Å². The molecule has 0 aromatic heterocycles. The molecule has 2 rings (SSSR count). The molecule has 3 atom stereocenters. The number of carbonyl (C=O) groups excluding carboxylic acids is 1. The number of aliphatic hydroxyl groups is 1. The highest BCUT2D eigenvalue weighted by molar-refractivity contribution is 5.68. The molecule has 0 radical (unpaired) electrons. The molecule has 3 unspecified atom stereocenters. The van der Waals surface area contributed by atoms with Crippen LogP contribution in [0.25, 0.3) is 0 Å². The first-order chi connectivity index (χ1) is 9.37. The van der Waals surface area contributed by atoms with Gasteiger partial charge in [0.1, 0.15) is 5.60 Å². The van der Waals surface area contributed by atoms with Crippen molar-refractivity contribution in [1.29, 1.82) is 0 Å². The number of hydrogen-bond donors (Lipinski definition) is 2. The molecule has 0 spiro atoms. The van der Waals surface area contributed by atoms with Gasteiger partial charge in [-0.15, -0.1) is 0 Å². The fraction of sp³-hybridized carbons (Fsp3) is 0.933. The molecule has 0 aliphatic carbocycles. The zero-order chi connectivity index (χ0) is 14.8. The average Bonchev–Trinajstić information content (AvgIpc) is 2.37. The van der Waals surface area contributed by atoms with E-state index >= 15 is 0 Å². The lowest BCUT2D eigenvalue weighted by molar-refractivity contribution is -0.00543. The van der Waals surface area contributed by atoms with E-state index in [1.807, 2.05) is 25.7 Å². The highest BCUT2D eigenvalue weighted by atomic mass is 16.6. The molecule has 0 aromatic carbocycles. The topological polar surface area (TPSA) is 61.8 Å². The molecule has 2 aliphatic heterocycles. The van der Waals surface area contributed by atoms with E-state index in [2.05, 4.69) is 5.32 Å². The Labute approximate surface area is 121 Å². The average molecular weight is 284 g/mol. The van der Waals surface area contributed by atoms with Crippen molar-refractivity contribution < 1.29 is 14.6 Å². The Morgan fingerprint density at radius 1 is 1.35 bits per heavy atom. The van der Waals surface area contributed by atoms with Crippen LogP contribution in [0.4, 0.5) is 4.79 Å². The van der Waals surface area contributed by atoms with Crippen LogP contribution in [0, 0.1) is 11.8 Å². The van der Waals surface area contributed by atoms with Crippen LogP contribution >= 0.6 is 0 Å². The van der Waals surface area contributed by atoms with Crippen LogP contribution in [-0.4, -0.2) is 54.0 Å². The lowest BCUT2D eigenvalue weighted by atomic mass is 9.78. The summed E-state index contributed by atoms with van der Waals surface area (Å²) in [7, 11) is 0. The number of aliphatic hydroxyl groups excluding tert-OH is 1. The SMILES string of the molecule is CC(C)(C)OC(=O)N1CCCC(C2CCNCC2O)C1. The summed E-state index contributed by atoms with van der Waals surface area (Å²) in [6.07, 6.45) is 2.59. The zero-order valence-electron chi connectivity index (χ0n) is 12.9. The maximum absolute atomic E-state index is 12.2. The Bertz CT molecular complexity index is 341. The smallest absolute Gasteiger partial charge is 0.410 e. The van der Waals surface area contributed by atoms with Gasteiger partial charge in [0.15, 0.2) is 0 Å². The number of nitrogens with zero attached hydrogens (tertiary/aromatic N) is 1. The molecule has 5 heteroatoms. The number of β-amino-alcohol motifs (C(OH)–C–C–N with tert-alkyl or cyclic N) is 1. The van der Waals surface area contributed by atoms with Crippen LogP contribution in [0.5, 0.6) is 0 Å². The second-order valence-electron chi connectivity index (χ2n) is 7.05. The summed E-state index contributed by atoms with van der Waals surface area (Å²) in [4.78, 5) is 14.0. The molecule has 0 saturated carbocycles. The summed E-state index contributed by atoms with van der Waals surface area (Å²) >= 11 is 0. The molecule has 116 valence electrons. The molecule has 2 fully saturated rings. The molecular weight excluding hydrogens is 256 g/mol. The summed E-state index contributed by atoms with van der Waals surface area (Å²) < 4.78 is 5.45. The summed E-state index contributed by atoms with van der Waals surface area (Å²) in [6.45, 7) is 8.80. The summed E-state index contributed by atoms with van der Waals surface area (Å²) in [6, 6.07) is 0. The third-order valence-corrected chi connectivity index (χ3v) is 4.22. The highest BCUT2D eigenvalue weighted by Gasteiger charge is 2.35. The maximum atomic E-state index is 12.2. The van der Waals surface area contributed by atoms with E-state index in [0.29, 0.717) is 18.4 Å². The van der Waals surface area contributed by atoms with Gasteiger partial charge in [-0.25, -0.2) is 4.79 Å². The molecule has 0 bridgehead atoms. The third kappa shape index (κ3) is 4.09. The normalized spacial score (nSPS) is 32.0. The van der Waals surface area contributed by atoms with E-state index in [-0.39, 0.29) is 12.2 Å². The third-order valence-electron chi connectivity index (χ3n) is 4.22. The molecule has 2 saturated heterocycles. The molecule has 2 heterocycles. The van der Waals surface area contributed by atoms with Gasteiger partial charge in [-0.2, -0.15) is 0 Å². The Morgan fingerprint density at radius 3 is 2.75 bits per heavy atom. The van der Waals surface area contributed by atoms with Crippen LogP contribution < -0.4 is 5.32 Å². The molecule has 2 N–H and O–H groups in total. The van der Waals surface area contributed by atoms with Crippen molar-refractivity contribution in [3.8, 4) is 0 Å². The van der Waals surface area contributed by atoms with Crippen molar-refractivity contribution >= 4 is 6.09 Å². The molecule has 5 nitrogen and oxygen atoms in total. The van der Waals surface area contributed by atoms with E-state index in [1.165, 1.54) is 0 Å². The number of rotatable bonds is 1. The lowest BCUT2D eigenvalue weighted by Crippen LogP contribution is -2.50. The van der Waals surface area contributed by atoms with Gasteiger partial charge in [-0.3, -0.25) is 0 Å². The lowest BCUT2D eigenvalue weighted by Gasteiger charge is -2.40. The Balaban J connectivity index is 1.92. The van der Waals surface area contributed by atoms with E-state index < -0.39 is 5.60 Å². The molecule has 0 aromatic rings. The molecule has 20 heavy (non-hydrogen) atoms. The zero-order valence-corrected chi connectivity index (χ0v) is 12.9. The van der Waals surface area contributed by atoms with Crippen molar-refractivity contribution in [1.82, 2.24) is 10.2 Å². The van der Waals surface area contributed by atoms with Crippen LogP contribution in [-0.2, 0) is 4.74 Å². The van der Waals surface area contributed by atoms with Gasteiger partial charge in [0.25, 0.3) is 0 Å². The van der Waals surface area contributed by atoms with Gasteiger partial charge < -0.3 is 20.1 Å². The number of carbonyl (C=O) groups is 1. The number of piperidine rings is 2. The predicted molar refractivity (Wildman–Crippen MR) is 77.5 cm³/mol. The van der Waals surface area contributed by atoms with Crippen LogP contribution in [0.2, 0.25) is 0 Å². The Hall–Kier alpha value is -0.810. The number of nitrogens with one attached hydrogen (secondary N) is 1. The first kappa shape index (κ1) is 15.6. The van der Waals surface area contributed by atoms with Gasteiger partial charge in [0.05, 0.1) is 6.10 Å². The van der Waals surface area contributed by atoms with Gasteiger partial charge in [0.2, 0.25) is 0 Å². The Morgan fingerprint density at radius 2 is 2.10 bits per heavy atom. The summed E-state index contributed by atoms with van der Waals surface area (Å²) in [5.74, 6) is 0.704. The molecule has 2 aliphatic rings. The standard InChI is InChI=1S/C15H28N2O3/c1-15(2,3)20-14(19)17-8-4-5-11(10-17)12-6-7-16-9-13(12)18/h11-13,16,18H,4-10H2,1-3H3. The van der Waals surface area contributed by atoms with Crippen LogP contribution in [0.3, 0.4) is 0 Å². The second kappa shape index (κ2) is 6.31. The van der Waals surface area contributed by atoms with Gasteiger partial charge >= 0.3 is 6.09 Å². The van der Waals surface area contributed by atoms with E-state index in [9.17, 15) is 9.90 Å². The monoisotopic (exact) mass is 284 g/mol. The van der Waals surface area contributed by atoms with Crippen LogP contribution in [0.15, 0.2) is 0 Å². The first-order valence-electron chi connectivity index (χ1n) is 7.73. The number of ether oxygens (including phenoxy) is 1. The minimum atomic E-state index is -0.446. The minimum absolute atomic E-state index is 0.217. The van der Waals surface area contributed by atoms with Crippen molar-refractivity contribution in [2.24, 2.45) is 11.8 Å². The Kier molecular flexibility index (Phi) is 4.91. The summed E-state index contributed by atoms with van der Waals surface area (Å²) in [5.41, 5.74) is -0.446. The van der Waals surface area contributed by atoms with Crippen molar-refractivity contribution in [3.05, 3.63) is 0 Å². The van der Waals surface area contributed by atoms with E-state index in [0.717, 1.165) is 38.9 Å². The van der Waals surface area contributed by atoms with Gasteiger partial charge in [0, 0.05) is 19.6 Å². The summed E-state index contributed by atoms with van der Waals surface area (Å²) in [5, 5.41) is 13.3. The quantitative estimate of drug-likeness (QED) is 0.768. The molecular formula is C15H28N2O3. The minimum Gasteiger partial charge on any atom is -0.444 e. The van der Waals surface area contributed by atoms with Gasteiger partial charge in [-0.05, 0) is 58.4 Å². The fourth-order valence-corrected chi connectivity index (χ4v) is 3.26. The fourth-order valence-electron chi connectivity index (χ4n) is 3.26.